The Morgan fingerprint density at radius 1 is 0.900 bits per heavy atom. The average Bonchev–Trinajstić information content (AvgIpc) is 2.73. The minimum absolute atomic E-state index is 0.189. The lowest BCUT2D eigenvalue weighted by Crippen LogP contribution is -2.48. The summed E-state index contributed by atoms with van der Waals surface area (Å²) < 4.78 is 70.0. The van der Waals surface area contributed by atoms with Gasteiger partial charge < -0.3 is 14.2 Å². The first-order valence-corrected chi connectivity index (χ1v) is 10.7. The molecule has 0 N–H and O–H groups in total. The summed E-state index contributed by atoms with van der Waals surface area (Å²) >= 11 is 0. The molecular weight excluding hydrogens is 418 g/mol. The third-order valence-electron chi connectivity index (χ3n) is 5.02. The molecule has 0 aromatic heterocycles. The maximum atomic E-state index is 14.0. The molecule has 7 nitrogen and oxygen atoms in total. The first-order valence-electron chi connectivity index (χ1n) is 9.27. The highest BCUT2D eigenvalue weighted by Gasteiger charge is 2.31. The van der Waals surface area contributed by atoms with Gasteiger partial charge in [-0.15, -0.1) is 0 Å². The molecule has 10 heteroatoms. The van der Waals surface area contributed by atoms with Crippen LogP contribution < -0.4 is 14.2 Å². The second kappa shape index (κ2) is 9.15. The third-order valence-corrected chi connectivity index (χ3v) is 6.95. The molecule has 30 heavy (non-hydrogen) atoms. The molecule has 1 saturated heterocycles. The van der Waals surface area contributed by atoms with Crippen LogP contribution in [-0.4, -0.2) is 65.1 Å². The van der Waals surface area contributed by atoms with Gasteiger partial charge in [0.1, 0.15) is 16.5 Å². The number of sulfonamides is 1. The topological polar surface area (TPSA) is 68.3 Å². The number of hydrogen-bond donors (Lipinski definition) is 0. The fourth-order valence-electron chi connectivity index (χ4n) is 3.48. The lowest BCUT2D eigenvalue weighted by molar-refractivity contribution is 0.179. The molecule has 0 unspecified atom stereocenters. The van der Waals surface area contributed by atoms with E-state index < -0.39 is 26.6 Å². The van der Waals surface area contributed by atoms with Crippen LogP contribution in [-0.2, 0) is 16.6 Å². The highest BCUT2D eigenvalue weighted by Crippen LogP contribution is 2.40. The number of benzene rings is 2. The maximum Gasteiger partial charge on any atom is 0.246 e. The molecule has 0 saturated carbocycles. The predicted octanol–water partition coefficient (Wildman–Crippen LogP) is 2.50. The molecule has 1 heterocycles. The molecule has 2 aromatic carbocycles. The average molecular weight is 442 g/mol. The quantitative estimate of drug-likeness (QED) is 0.657. The smallest absolute Gasteiger partial charge is 0.246 e. The number of halogens is 2. The van der Waals surface area contributed by atoms with Crippen LogP contribution in [0.25, 0.3) is 0 Å². The van der Waals surface area contributed by atoms with Crippen molar-refractivity contribution >= 4 is 10.0 Å². The van der Waals surface area contributed by atoms with Crippen LogP contribution >= 0.6 is 0 Å². The van der Waals surface area contributed by atoms with E-state index in [1.165, 1.54) is 11.4 Å². The maximum absolute atomic E-state index is 14.0. The van der Waals surface area contributed by atoms with Crippen LogP contribution in [0.2, 0.25) is 0 Å². The predicted molar refractivity (Wildman–Crippen MR) is 106 cm³/mol. The number of rotatable bonds is 7. The standard InChI is InChI=1S/C20H24F2N2O5S/c1-27-17-6-4-14(19(28-2)20(17)29-3)13-23-8-10-24(11-9-23)30(25,26)18-7-5-15(21)12-16(18)22/h4-7,12H,8-11,13H2,1-3H3. The van der Waals surface area contributed by atoms with Gasteiger partial charge in [0.2, 0.25) is 15.8 Å². The van der Waals surface area contributed by atoms with E-state index in [4.69, 9.17) is 14.2 Å². The summed E-state index contributed by atoms with van der Waals surface area (Å²) in [6, 6.07) is 6.13. The minimum Gasteiger partial charge on any atom is -0.493 e. The zero-order valence-electron chi connectivity index (χ0n) is 17.0. The number of methoxy groups -OCH3 is 3. The van der Waals surface area contributed by atoms with Crippen molar-refractivity contribution in [3.8, 4) is 17.2 Å². The molecule has 1 fully saturated rings. The molecule has 0 amide bonds. The molecule has 0 aliphatic carbocycles. The summed E-state index contributed by atoms with van der Waals surface area (Å²) in [7, 11) is 0.582. The van der Waals surface area contributed by atoms with E-state index in [9.17, 15) is 17.2 Å². The van der Waals surface area contributed by atoms with E-state index in [1.807, 2.05) is 6.07 Å². The second-order valence-corrected chi connectivity index (χ2v) is 8.65. The largest absolute Gasteiger partial charge is 0.493 e. The van der Waals surface area contributed by atoms with E-state index in [1.54, 1.807) is 20.3 Å². The van der Waals surface area contributed by atoms with Crippen LogP contribution in [0.3, 0.4) is 0 Å². The monoisotopic (exact) mass is 442 g/mol. The summed E-state index contributed by atoms with van der Waals surface area (Å²) in [4.78, 5) is 1.55. The fourth-order valence-corrected chi connectivity index (χ4v) is 4.95. The van der Waals surface area contributed by atoms with Crippen molar-refractivity contribution in [3.05, 3.63) is 47.5 Å². The number of ether oxygens (including phenoxy) is 3. The van der Waals surface area contributed by atoms with Gasteiger partial charge in [-0.1, -0.05) is 6.07 Å². The Hall–Kier alpha value is -2.43. The summed E-state index contributed by atoms with van der Waals surface area (Å²) in [6.07, 6.45) is 0. The van der Waals surface area contributed by atoms with Gasteiger partial charge in [-0.25, -0.2) is 17.2 Å². The van der Waals surface area contributed by atoms with Crippen molar-refractivity contribution in [2.75, 3.05) is 47.5 Å². The molecule has 3 rings (SSSR count). The van der Waals surface area contributed by atoms with Crippen molar-refractivity contribution in [3.63, 3.8) is 0 Å². The van der Waals surface area contributed by atoms with Gasteiger partial charge in [0.25, 0.3) is 0 Å². The van der Waals surface area contributed by atoms with Gasteiger partial charge in [0.05, 0.1) is 21.3 Å². The number of nitrogens with zero attached hydrogens (tertiary/aromatic N) is 2. The molecule has 0 radical (unpaired) electrons. The molecule has 0 atom stereocenters. The van der Waals surface area contributed by atoms with E-state index in [2.05, 4.69) is 4.90 Å². The van der Waals surface area contributed by atoms with Gasteiger partial charge in [0, 0.05) is 44.4 Å². The Morgan fingerprint density at radius 2 is 1.57 bits per heavy atom. The van der Waals surface area contributed by atoms with E-state index in [-0.39, 0.29) is 13.1 Å². The third kappa shape index (κ3) is 4.35. The van der Waals surface area contributed by atoms with Gasteiger partial charge in [-0.3, -0.25) is 4.90 Å². The summed E-state index contributed by atoms with van der Waals surface area (Å²) in [6.45, 7) is 1.78. The molecule has 1 aliphatic heterocycles. The van der Waals surface area contributed by atoms with Crippen molar-refractivity contribution in [2.45, 2.75) is 11.4 Å². The van der Waals surface area contributed by atoms with Crippen LogP contribution in [0.4, 0.5) is 8.78 Å². The number of hydrogen-bond acceptors (Lipinski definition) is 6. The van der Waals surface area contributed by atoms with Crippen molar-refractivity contribution in [1.29, 1.82) is 0 Å². The Bertz CT molecular complexity index is 1010. The van der Waals surface area contributed by atoms with Crippen LogP contribution in [0, 0.1) is 11.6 Å². The van der Waals surface area contributed by atoms with Gasteiger partial charge in [-0.05, 0) is 18.2 Å². The van der Waals surface area contributed by atoms with E-state index in [0.29, 0.717) is 42.9 Å². The van der Waals surface area contributed by atoms with E-state index in [0.717, 1.165) is 17.7 Å². The fraction of sp³-hybridized carbons (Fsp3) is 0.400. The summed E-state index contributed by atoms with van der Waals surface area (Å²) in [5.41, 5.74) is 0.871. The first kappa shape index (κ1) is 22.3. The van der Waals surface area contributed by atoms with Crippen LogP contribution in [0.15, 0.2) is 35.2 Å². The highest BCUT2D eigenvalue weighted by atomic mass is 32.2. The van der Waals surface area contributed by atoms with E-state index >= 15 is 0 Å². The Morgan fingerprint density at radius 3 is 2.13 bits per heavy atom. The first-order chi connectivity index (χ1) is 14.3. The molecule has 0 bridgehead atoms. The lowest BCUT2D eigenvalue weighted by Gasteiger charge is -2.34. The van der Waals surface area contributed by atoms with Crippen LogP contribution in [0.5, 0.6) is 17.2 Å². The Balaban J connectivity index is 1.72. The SMILES string of the molecule is COc1ccc(CN2CCN(S(=O)(=O)c3ccc(F)cc3F)CC2)c(OC)c1OC. The van der Waals surface area contributed by atoms with Gasteiger partial charge in [0.15, 0.2) is 11.5 Å². The van der Waals surface area contributed by atoms with Crippen molar-refractivity contribution < 1.29 is 31.4 Å². The normalized spacial score (nSPS) is 15.8. The van der Waals surface area contributed by atoms with Crippen LogP contribution in [0.1, 0.15) is 5.56 Å². The molecule has 2 aromatic rings. The van der Waals surface area contributed by atoms with Crippen molar-refractivity contribution in [1.82, 2.24) is 9.21 Å². The van der Waals surface area contributed by atoms with Gasteiger partial charge in [-0.2, -0.15) is 4.31 Å². The van der Waals surface area contributed by atoms with Crippen molar-refractivity contribution in [2.24, 2.45) is 0 Å². The summed E-state index contributed by atoms with van der Waals surface area (Å²) in [5, 5.41) is 0. The zero-order valence-corrected chi connectivity index (χ0v) is 17.8. The lowest BCUT2D eigenvalue weighted by atomic mass is 10.1. The molecule has 0 spiro atoms. The Labute approximate surface area is 174 Å². The molecular formula is C20H24F2N2O5S. The Kier molecular flexibility index (Phi) is 6.79. The molecule has 1 aliphatic rings. The highest BCUT2D eigenvalue weighted by molar-refractivity contribution is 7.89. The zero-order chi connectivity index (χ0) is 21.9. The van der Waals surface area contributed by atoms with Gasteiger partial charge >= 0.3 is 0 Å². The molecule has 164 valence electrons. The second-order valence-electron chi connectivity index (χ2n) is 6.75. The minimum atomic E-state index is -4.03. The number of piperazine rings is 1. The summed E-state index contributed by atoms with van der Waals surface area (Å²) in [5.74, 6) is -0.311.